The van der Waals surface area contributed by atoms with Gasteiger partial charge in [-0.25, -0.2) is 0 Å². The lowest BCUT2D eigenvalue weighted by Gasteiger charge is -2.36. The summed E-state index contributed by atoms with van der Waals surface area (Å²) in [7, 11) is 0. The minimum atomic E-state index is -0.769. The molecule has 1 aliphatic heterocycles. The molecule has 2 heterocycles. The number of hydrogen-bond donors (Lipinski definition) is 1. The molecule has 0 bridgehead atoms. The molecule has 2 aliphatic rings. The van der Waals surface area contributed by atoms with Crippen molar-refractivity contribution in [2.45, 2.75) is 32.6 Å². The number of hydrogen-bond acceptors (Lipinski definition) is 7. The Morgan fingerprint density at radius 3 is 2.73 bits per heavy atom. The summed E-state index contributed by atoms with van der Waals surface area (Å²) in [5, 5.41) is 20.7. The van der Waals surface area contributed by atoms with Gasteiger partial charge in [-0.3, -0.25) is 14.9 Å². The Balaban J connectivity index is 1.80. The zero-order valence-corrected chi connectivity index (χ0v) is 16.5. The van der Waals surface area contributed by atoms with Crippen molar-refractivity contribution in [3.63, 3.8) is 0 Å². The Hall–Kier alpha value is -3.86. The minimum Gasteiger partial charge on any atom is -0.460 e. The number of carbonyl (C=O) groups is 1. The largest absolute Gasteiger partial charge is 0.460 e. The Kier molecular flexibility index (Phi) is 4.46. The van der Waals surface area contributed by atoms with E-state index in [9.17, 15) is 20.2 Å². The van der Waals surface area contributed by atoms with Gasteiger partial charge in [0.2, 0.25) is 5.88 Å². The van der Waals surface area contributed by atoms with E-state index in [-0.39, 0.29) is 28.3 Å². The molecular formula is C22H19N3O5. The predicted molar refractivity (Wildman–Crippen MR) is 106 cm³/mol. The first-order valence-corrected chi connectivity index (χ1v) is 9.38. The number of furan rings is 1. The van der Waals surface area contributed by atoms with Crippen LogP contribution in [0.4, 0.5) is 5.69 Å². The minimum absolute atomic E-state index is 0.0416. The fraction of sp³-hybridized carbons (Fsp3) is 0.273. The van der Waals surface area contributed by atoms with Gasteiger partial charge in [-0.1, -0.05) is 26.0 Å². The molecule has 1 aliphatic carbocycles. The van der Waals surface area contributed by atoms with E-state index >= 15 is 0 Å². The molecule has 0 fully saturated rings. The SMILES string of the molecule is CC1(C)CC(=O)C2=C(C1)OC(N)=C(C#N)[C@@H]2c1ccc(-c2cccc([N+](=O)[O-])c2)o1. The highest BCUT2D eigenvalue weighted by Gasteiger charge is 2.44. The van der Waals surface area contributed by atoms with E-state index in [4.69, 9.17) is 14.9 Å². The van der Waals surface area contributed by atoms with Crippen molar-refractivity contribution in [2.75, 3.05) is 0 Å². The molecule has 2 aromatic rings. The van der Waals surface area contributed by atoms with Crippen molar-refractivity contribution < 1.29 is 18.9 Å². The number of rotatable bonds is 3. The van der Waals surface area contributed by atoms with E-state index in [0.717, 1.165) is 0 Å². The average Bonchev–Trinajstić information content (AvgIpc) is 3.16. The Morgan fingerprint density at radius 1 is 1.27 bits per heavy atom. The number of non-ortho nitro benzene ring substituents is 1. The highest BCUT2D eigenvalue weighted by molar-refractivity contribution is 5.99. The van der Waals surface area contributed by atoms with Gasteiger partial charge >= 0.3 is 0 Å². The zero-order valence-electron chi connectivity index (χ0n) is 16.5. The second kappa shape index (κ2) is 6.88. The molecule has 0 spiro atoms. The van der Waals surface area contributed by atoms with Crippen molar-refractivity contribution in [3.8, 4) is 17.4 Å². The maximum atomic E-state index is 13.0. The maximum absolute atomic E-state index is 13.0. The molecule has 1 atom stereocenters. The van der Waals surface area contributed by atoms with E-state index in [1.54, 1.807) is 24.3 Å². The molecule has 0 unspecified atom stereocenters. The summed E-state index contributed by atoms with van der Waals surface area (Å²) in [5.41, 5.74) is 6.68. The van der Waals surface area contributed by atoms with Gasteiger partial charge in [-0.05, 0) is 17.5 Å². The normalized spacial score (nSPS) is 20.4. The van der Waals surface area contributed by atoms with Crippen LogP contribution in [-0.2, 0) is 9.53 Å². The van der Waals surface area contributed by atoms with Gasteiger partial charge in [0.15, 0.2) is 5.78 Å². The lowest BCUT2D eigenvalue weighted by Crippen LogP contribution is -2.33. The van der Waals surface area contributed by atoms with Gasteiger partial charge in [0.1, 0.15) is 28.9 Å². The number of carbonyl (C=O) groups excluding carboxylic acids is 1. The van der Waals surface area contributed by atoms with Gasteiger partial charge in [-0.15, -0.1) is 0 Å². The summed E-state index contributed by atoms with van der Waals surface area (Å²) in [6.07, 6.45) is 0.838. The van der Waals surface area contributed by atoms with Gasteiger partial charge in [0.25, 0.3) is 5.69 Å². The molecule has 1 aromatic carbocycles. The molecule has 0 amide bonds. The molecular weight excluding hydrogens is 386 g/mol. The van der Waals surface area contributed by atoms with Crippen molar-refractivity contribution in [3.05, 3.63) is 75.1 Å². The highest BCUT2D eigenvalue weighted by Crippen LogP contribution is 2.48. The number of nitriles is 1. The number of allylic oxidation sites excluding steroid dienone is 3. The molecule has 1 aromatic heterocycles. The molecule has 8 heteroatoms. The standard InChI is InChI=1S/C22H19N3O5/c1-22(2)9-15(26)20-18(10-22)30-21(24)14(11-23)19(20)17-7-6-16(29-17)12-4-3-5-13(8-12)25(27)28/h3-8,19H,9-10,24H2,1-2H3/t19-/m1/s1. The number of nitro benzene ring substituents is 1. The van der Waals surface area contributed by atoms with Crippen LogP contribution in [0.15, 0.2) is 63.6 Å². The molecule has 0 radical (unpaired) electrons. The van der Waals surface area contributed by atoms with Crippen LogP contribution in [0.5, 0.6) is 0 Å². The number of nitrogens with zero attached hydrogens (tertiary/aromatic N) is 2. The van der Waals surface area contributed by atoms with Crippen molar-refractivity contribution in [1.29, 1.82) is 5.26 Å². The first-order valence-electron chi connectivity index (χ1n) is 9.38. The molecule has 4 rings (SSSR count). The van der Waals surface area contributed by atoms with E-state index in [2.05, 4.69) is 0 Å². The second-order valence-corrected chi connectivity index (χ2v) is 8.21. The first-order chi connectivity index (χ1) is 14.2. The summed E-state index contributed by atoms with van der Waals surface area (Å²) >= 11 is 0. The summed E-state index contributed by atoms with van der Waals surface area (Å²) in [4.78, 5) is 23.5. The Labute approximate surface area is 172 Å². The fourth-order valence-corrected chi connectivity index (χ4v) is 4.01. The van der Waals surface area contributed by atoms with Crippen LogP contribution in [0.25, 0.3) is 11.3 Å². The van der Waals surface area contributed by atoms with Crippen LogP contribution in [0.3, 0.4) is 0 Å². The zero-order chi connectivity index (χ0) is 21.6. The number of benzene rings is 1. The summed E-state index contributed by atoms with van der Waals surface area (Å²) in [5.74, 6) is 0.294. The van der Waals surface area contributed by atoms with E-state index in [0.29, 0.717) is 41.3 Å². The number of nitro groups is 1. The summed E-state index contributed by atoms with van der Waals surface area (Å²) in [6.45, 7) is 3.94. The molecule has 8 nitrogen and oxygen atoms in total. The molecule has 0 saturated heterocycles. The summed E-state index contributed by atoms with van der Waals surface area (Å²) in [6, 6.07) is 11.4. The lowest BCUT2D eigenvalue weighted by atomic mass is 9.71. The van der Waals surface area contributed by atoms with Crippen LogP contribution < -0.4 is 5.73 Å². The number of ketones is 1. The smallest absolute Gasteiger partial charge is 0.270 e. The fourth-order valence-electron chi connectivity index (χ4n) is 4.01. The van der Waals surface area contributed by atoms with Crippen molar-refractivity contribution in [2.24, 2.45) is 11.1 Å². The molecule has 0 saturated carbocycles. The Morgan fingerprint density at radius 2 is 2.03 bits per heavy atom. The average molecular weight is 405 g/mol. The molecule has 30 heavy (non-hydrogen) atoms. The van der Waals surface area contributed by atoms with E-state index in [1.807, 2.05) is 19.9 Å². The topological polar surface area (TPSA) is 132 Å². The van der Waals surface area contributed by atoms with Crippen LogP contribution in [-0.4, -0.2) is 10.7 Å². The third-order valence-electron chi connectivity index (χ3n) is 5.33. The van der Waals surface area contributed by atoms with Gasteiger partial charge in [0, 0.05) is 36.1 Å². The van der Waals surface area contributed by atoms with Crippen LogP contribution in [0.2, 0.25) is 0 Å². The maximum Gasteiger partial charge on any atom is 0.270 e. The van der Waals surface area contributed by atoms with Gasteiger partial charge in [0.05, 0.1) is 10.8 Å². The summed E-state index contributed by atoms with van der Waals surface area (Å²) < 4.78 is 11.6. The molecule has 152 valence electrons. The van der Waals surface area contributed by atoms with E-state index < -0.39 is 10.8 Å². The monoisotopic (exact) mass is 405 g/mol. The third kappa shape index (κ3) is 3.24. The number of nitrogens with two attached hydrogens (primary N) is 1. The lowest BCUT2D eigenvalue weighted by molar-refractivity contribution is -0.384. The third-order valence-corrected chi connectivity index (χ3v) is 5.33. The number of Topliss-reactive ketones (excluding diaryl/α,β-unsaturated/α-hetero) is 1. The predicted octanol–water partition coefficient (Wildman–Crippen LogP) is 4.31. The van der Waals surface area contributed by atoms with Gasteiger partial charge < -0.3 is 14.9 Å². The van der Waals surface area contributed by atoms with Gasteiger partial charge in [-0.2, -0.15) is 5.26 Å². The Bertz CT molecular complexity index is 1180. The van der Waals surface area contributed by atoms with Crippen molar-refractivity contribution >= 4 is 11.5 Å². The van der Waals surface area contributed by atoms with Crippen molar-refractivity contribution in [1.82, 2.24) is 0 Å². The second-order valence-electron chi connectivity index (χ2n) is 8.21. The van der Waals surface area contributed by atoms with Crippen LogP contribution in [0, 0.1) is 26.9 Å². The first kappa shape index (κ1) is 19.5. The van der Waals surface area contributed by atoms with Crippen LogP contribution in [0.1, 0.15) is 38.4 Å². The quantitative estimate of drug-likeness (QED) is 0.594. The van der Waals surface area contributed by atoms with E-state index in [1.165, 1.54) is 12.1 Å². The highest BCUT2D eigenvalue weighted by atomic mass is 16.6. The molecule has 2 N–H and O–H groups in total. The number of ether oxygens (including phenoxy) is 1. The van der Waals surface area contributed by atoms with Crippen LogP contribution >= 0.6 is 0 Å².